The number of methoxy groups -OCH3 is 1. The number of halogens is 3. The van der Waals surface area contributed by atoms with Gasteiger partial charge in [-0.25, -0.2) is 32.8 Å². The number of fused-ring (bicyclic) bond motifs is 4. The second-order valence-electron chi connectivity index (χ2n) is 10.8. The van der Waals surface area contributed by atoms with Gasteiger partial charge in [0.05, 0.1) is 31.1 Å². The number of ether oxygens (including phenoxy) is 1. The van der Waals surface area contributed by atoms with Crippen molar-refractivity contribution >= 4 is 40.7 Å². The molecule has 4 aromatic rings. The molecule has 1 N–H and O–H groups in total. The van der Waals surface area contributed by atoms with Gasteiger partial charge in [-0.2, -0.15) is 0 Å². The maximum absolute atomic E-state index is 14.4. The first-order valence-corrected chi connectivity index (χ1v) is 14.4. The van der Waals surface area contributed by atoms with Gasteiger partial charge in [0.25, 0.3) is 11.8 Å². The summed E-state index contributed by atoms with van der Waals surface area (Å²) in [6.07, 6.45) is 1.31. The summed E-state index contributed by atoms with van der Waals surface area (Å²) in [6.45, 7) is -0.0712. The van der Waals surface area contributed by atoms with Crippen LogP contribution in [-0.4, -0.2) is 47.7 Å². The Morgan fingerprint density at radius 3 is 2.27 bits per heavy atom. The van der Waals surface area contributed by atoms with Gasteiger partial charge in [0, 0.05) is 17.9 Å². The number of rotatable bonds is 4. The zero-order valence-corrected chi connectivity index (χ0v) is 24.5. The Morgan fingerprint density at radius 2 is 1.59 bits per heavy atom. The molecule has 1 aliphatic carbocycles. The van der Waals surface area contributed by atoms with Crippen molar-refractivity contribution in [1.29, 1.82) is 0 Å². The van der Waals surface area contributed by atoms with Crippen molar-refractivity contribution in [3.63, 3.8) is 0 Å². The summed E-state index contributed by atoms with van der Waals surface area (Å²) in [5.41, 5.74) is -0.435. The van der Waals surface area contributed by atoms with Gasteiger partial charge in [0.15, 0.2) is 9.75 Å². The first-order valence-electron chi connectivity index (χ1n) is 13.6. The number of amides is 2. The third kappa shape index (κ3) is 3.53. The Morgan fingerprint density at radius 1 is 0.886 bits per heavy atom. The van der Waals surface area contributed by atoms with Gasteiger partial charge in [0.1, 0.15) is 17.3 Å². The molecule has 0 bridgehead atoms. The molecule has 13 heteroatoms. The highest BCUT2D eigenvalue weighted by Gasteiger charge is 2.76. The third-order valence-electron chi connectivity index (χ3n) is 8.73. The monoisotopic (exact) mass is 636 g/mol. The summed E-state index contributed by atoms with van der Waals surface area (Å²) in [5, 5.41) is 11.2. The number of nitrogens with zero attached hydrogens (tertiary/aromatic N) is 4. The molecule has 2 amide bonds. The normalized spacial score (nSPS) is 25.7. The fourth-order valence-electron chi connectivity index (χ4n) is 6.78. The molecule has 0 radical (unpaired) electrons. The van der Waals surface area contributed by atoms with Gasteiger partial charge in [0.2, 0.25) is 0 Å². The summed E-state index contributed by atoms with van der Waals surface area (Å²) in [5.74, 6) is -3.79. The molecule has 224 valence electrons. The molecule has 44 heavy (non-hydrogen) atoms. The quantitative estimate of drug-likeness (QED) is 0.207. The molecule has 10 nitrogen and oxygen atoms in total. The highest BCUT2D eigenvalue weighted by molar-refractivity contribution is 6.58. The number of aromatic hydroxyl groups is 1. The average Bonchev–Trinajstić information content (AvgIpc) is 3.36. The fraction of sp³-hybridized carbons (Fsp3) is 0.226. The van der Waals surface area contributed by atoms with Crippen LogP contribution in [0.15, 0.2) is 94.0 Å². The summed E-state index contributed by atoms with van der Waals surface area (Å²) >= 11 is 14.6. The van der Waals surface area contributed by atoms with Crippen LogP contribution in [0.4, 0.5) is 10.1 Å². The Bertz CT molecular complexity index is 2020. The minimum Gasteiger partial charge on any atom is -0.508 e. The van der Waals surface area contributed by atoms with E-state index >= 15 is 0 Å². The van der Waals surface area contributed by atoms with Crippen molar-refractivity contribution in [3.05, 3.63) is 117 Å². The van der Waals surface area contributed by atoms with Crippen molar-refractivity contribution in [1.82, 2.24) is 13.9 Å². The Labute approximate surface area is 258 Å². The number of anilines is 1. The standard InChI is InChI=1S/C31H23Cl2FN4O6/c1-44-23-9-5-8-22(39)24(23)25-20-14-15-35-28(42)37(18-6-3-2-4-7-18)29(43)38(35)21(20)16-30(32)26(40)36(27(41)31(25,30)33)19-12-10-17(34)11-13-19/h2-14,21,25,39H,15-16H2,1H3. The minimum atomic E-state index is -2.23. The van der Waals surface area contributed by atoms with E-state index < -0.39 is 50.7 Å². The number of aromatic nitrogens is 3. The van der Waals surface area contributed by atoms with Crippen LogP contribution < -0.4 is 21.0 Å². The van der Waals surface area contributed by atoms with E-state index in [1.54, 1.807) is 42.5 Å². The van der Waals surface area contributed by atoms with E-state index in [1.165, 1.54) is 40.7 Å². The summed E-state index contributed by atoms with van der Waals surface area (Å²) in [6, 6.07) is 16.5. The summed E-state index contributed by atoms with van der Waals surface area (Å²) < 4.78 is 22.9. The number of carbonyl (C=O) groups excluding carboxylic acids is 2. The molecule has 7 rings (SSSR count). The van der Waals surface area contributed by atoms with Gasteiger partial charge in [-0.1, -0.05) is 30.3 Å². The zero-order chi connectivity index (χ0) is 31.1. The number of para-hydroxylation sites is 1. The molecule has 2 fully saturated rings. The highest BCUT2D eigenvalue weighted by Crippen LogP contribution is 2.65. The SMILES string of the molecule is COc1cccc(O)c1C1C2=CCn3c(=O)n(-c4ccccc4)c(=O)n3C2CC2(Cl)C(=O)N(c3ccc(F)cc3)C(=O)C12Cl. The van der Waals surface area contributed by atoms with Crippen LogP contribution in [0.2, 0.25) is 0 Å². The molecule has 1 aromatic heterocycles. The molecule has 4 unspecified atom stereocenters. The summed E-state index contributed by atoms with van der Waals surface area (Å²) in [7, 11) is 1.37. The number of carbonyl (C=O) groups is 2. The van der Waals surface area contributed by atoms with Crippen LogP contribution in [0.3, 0.4) is 0 Å². The van der Waals surface area contributed by atoms with E-state index in [2.05, 4.69) is 0 Å². The minimum absolute atomic E-state index is 0.0418. The predicted molar refractivity (Wildman–Crippen MR) is 159 cm³/mol. The van der Waals surface area contributed by atoms with E-state index in [1.807, 2.05) is 0 Å². The van der Waals surface area contributed by atoms with Crippen molar-refractivity contribution in [3.8, 4) is 17.2 Å². The number of phenols is 1. The van der Waals surface area contributed by atoms with Gasteiger partial charge >= 0.3 is 11.4 Å². The van der Waals surface area contributed by atoms with Crippen LogP contribution in [0.5, 0.6) is 11.5 Å². The van der Waals surface area contributed by atoms with Crippen LogP contribution in [-0.2, 0) is 16.1 Å². The van der Waals surface area contributed by atoms with E-state index in [9.17, 15) is 28.7 Å². The smallest absolute Gasteiger partial charge is 0.352 e. The molecule has 1 saturated carbocycles. The van der Waals surface area contributed by atoms with Crippen molar-refractivity contribution < 1.29 is 23.8 Å². The van der Waals surface area contributed by atoms with E-state index in [-0.39, 0.29) is 35.7 Å². The molecule has 1 saturated heterocycles. The molecular weight excluding hydrogens is 614 g/mol. The average molecular weight is 637 g/mol. The number of alkyl halides is 2. The molecule has 4 atom stereocenters. The lowest BCUT2D eigenvalue weighted by molar-refractivity contribution is -0.122. The molecule has 2 aliphatic heterocycles. The van der Waals surface area contributed by atoms with E-state index in [4.69, 9.17) is 27.9 Å². The number of benzene rings is 3. The molecule has 3 aliphatic rings. The van der Waals surface area contributed by atoms with Crippen LogP contribution in [0, 0.1) is 5.82 Å². The number of phenolic OH excluding ortho intramolecular Hbond substituents is 1. The predicted octanol–water partition coefficient (Wildman–Crippen LogP) is 3.85. The van der Waals surface area contributed by atoms with E-state index in [0.29, 0.717) is 11.3 Å². The zero-order valence-electron chi connectivity index (χ0n) is 23.0. The number of imide groups is 1. The molecular formula is C31H23Cl2FN4O6. The largest absolute Gasteiger partial charge is 0.508 e. The maximum atomic E-state index is 14.4. The van der Waals surface area contributed by atoms with Gasteiger partial charge < -0.3 is 9.84 Å². The molecule has 0 spiro atoms. The first kappa shape index (κ1) is 28.2. The summed E-state index contributed by atoms with van der Waals surface area (Å²) in [4.78, 5) is 52.6. The third-order valence-corrected chi connectivity index (χ3v) is 10.1. The van der Waals surface area contributed by atoms with Gasteiger partial charge in [-0.3, -0.25) is 9.59 Å². The molecule has 3 aromatic carbocycles. The Balaban J connectivity index is 1.50. The highest BCUT2D eigenvalue weighted by atomic mass is 35.5. The lowest BCUT2D eigenvalue weighted by Gasteiger charge is -2.49. The van der Waals surface area contributed by atoms with Crippen molar-refractivity contribution in [2.45, 2.75) is 34.7 Å². The van der Waals surface area contributed by atoms with Crippen molar-refractivity contribution in [2.75, 3.05) is 12.0 Å². The van der Waals surface area contributed by atoms with Gasteiger partial charge in [-0.15, -0.1) is 23.2 Å². The number of hydrogen-bond donors (Lipinski definition) is 1. The number of hydrogen-bond acceptors (Lipinski definition) is 6. The lowest BCUT2D eigenvalue weighted by atomic mass is 9.64. The maximum Gasteiger partial charge on any atom is 0.352 e. The van der Waals surface area contributed by atoms with E-state index in [0.717, 1.165) is 21.6 Å². The Hall–Kier alpha value is -4.61. The molecule has 3 heterocycles. The van der Waals surface area contributed by atoms with Crippen molar-refractivity contribution in [2.24, 2.45) is 0 Å². The Kier molecular flexibility index (Phi) is 6.21. The lowest BCUT2D eigenvalue weighted by Crippen LogP contribution is -2.59. The van der Waals surface area contributed by atoms with Gasteiger partial charge in [-0.05, 0) is 54.1 Å². The first-order chi connectivity index (χ1) is 21.0. The topological polar surface area (TPSA) is 116 Å². The van der Waals surface area contributed by atoms with Crippen LogP contribution >= 0.6 is 23.2 Å². The number of allylic oxidation sites excluding steroid dienone is 2. The second-order valence-corrected chi connectivity index (χ2v) is 12.1. The van der Waals surface area contributed by atoms with Crippen LogP contribution in [0.25, 0.3) is 5.69 Å². The second kappa shape index (κ2) is 9.70. The fourth-order valence-corrected chi connectivity index (χ4v) is 7.67. The van der Waals surface area contributed by atoms with Crippen LogP contribution in [0.1, 0.15) is 23.9 Å².